The molecule has 0 bridgehead atoms. The van der Waals surface area contributed by atoms with E-state index in [4.69, 9.17) is 4.98 Å². The maximum atomic E-state index is 12.9. The SMILES string of the molecule is Cc1cnc(CNC(=O)c2cc(-c3csc(C(C)C)n3)n3ccccc23)cn1. The molecule has 4 aromatic rings. The number of nitrogens with zero attached hydrogens (tertiary/aromatic N) is 4. The van der Waals surface area contributed by atoms with Crippen LogP contribution in [0.2, 0.25) is 0 Å². The molecule has 28 heavy (non-hydrogen) atoms. The Morgan fingerprint density at radius 1 is 1.25 bits per heavy atom. The molecule has 0 aliphatic carbocycles. The summed E-state index contributed by atoms with van der Waals surface area (Å²) < 4.78 is 2.01. The summed E-state index contributed by atoms with van der Waals surface area (Å²) in [6.45, 7) is 6.48. The largest absolute Gasteiger partial charge is 0.346 e. The molecule has 0 unspecified atom stereocenters. The normalized spacial score (nSPS) is 11.3. The Balaban J connectivity index is 1.65. The molecule has 4 heterocycles. The number of carbonyl (C=O) groups excluding carboxylic acids is 1. The highest BCUT2D eigenvalue weighted by Crippen LogP contribution is 2.29. The Labute approximate surface area is 167 Å². The van der Waals surface area contributed by atoms with Crippen molar-refractivity contribution in [2.24, 2.45) is 0 Å². The van der Waals surface area contributed by atoms with Gasteiger partial charge in [-0.3, -0.25) is 14.8 Å². The highest BCUT2D eigenvalue weighted by molar-refractivity contribution is 7.10. The van der Waals surface area contributed by atoms with Gasteiger partial charge in [-0.15, -0.1) is 11.3 Å². The van der Waals surface area contributed by atoms with Crippen molar-refractivity contribution in [2.75, 3.05) is 0 Å². The number of hydrogen-bond donors (Lipinski definition) is 1. The van der Waals surface area contributed by atoms with Crippen LogP contribution in [0.5, 0.6) is 0 Å². The van der Waals surface area contributed by atoms with Crippen molar-refractivity contribution in [2.45, 2.75) is 33.2 Å². The average molecular weight is 392 g/mol. The summed E-state index contributed by atoms with van der Waals surface area (Å²) in [6.07, 6.45) is 5.34. The number of rotatable bonds is 5. The van der Waals surface area contributed by atoms with E-state index in [1.165, 1.54) is 0 Å². The molecule has 0 spiro atoms. The lowest BCUT2D eigenvalue weighted by Crippen LogP contribution is -2.23. The number of aryl methyl sites for hydroxylation is 1. The zero-order valence-corrected chi connectivity index (χ0v) is 16.8. The van der Waals surface area contributed by atoms with Gasteiger partial charge in [0.2, 0.25) is 0 Å². The van der Waals surface area contributed by atoms with Gasteiger partial charge < -0.3 is 9.72 Å². The topological polar surface area (TPSA) is 72.2 Å². The summed E-state index contributed by atoms with van der Waals surface area (Å²) in [6, 6.07) is 7.74. The molecule has 0 aliphatic rings. The van der Waals surface area contributed by atoms with Gasteiger partial charge in [0, 0.05) is 23.7 Å². The third-order valence-electron chi connectivity index (χ3n) is 4.46. The fraction of sp³-hybridized carbons (Fsp3) is 0.238. The fourth-order valence-electron chi connectivity index (χ4n) is 2.98. The quantitative estimate of drug-likeness (QED) is 0.553. The minimum Gasteiger partial charge on any atom is -0.346 e. The van der Waals surface area contributed by atoms with E-state index in [9.17, 15) is 4.79 Å². The first-order valence-corrected chi connectivity index (χ1v) is 10.0. The van der Waals surface area contributed by atoms with Gasteiger partial charge in [-0.2, -0.15) is 0 Å². The number of thiazole rings is 1. The number of pyridine rings is 1. The Bertz CT molecular complexity index is 1130. The van der Waals surface area contributed by atoms with Gasteiger partial charge in [-0.1, -0.05) is 19.9 Å². The molecule has 7 heteroatoms. The van der Waals surface area contributed by atoms with Crippen LogP contribution in [0.4, 0.5) is 0 Å². The Morgan fingerprint density at radius 3 is 2.82 bits per heavy atom. The molecule has 142 valence electrons. The molecule has 0 saturated carbocycles. The Morgan fingerprint density at radius 2 is 2.11 bits per heavy atom. The van der Waals surface area contributed by atoms with E-state index in [2.05, 4.69) is 29.1 Å². The van der Waals surface area contributed by atoms with Crippen LogP contribution in [0.15, 0.2) is 48.2 Å². The molecule has 6 nitrogen and oxygen atoms in total. The summed E-state index contributed by atoms with van der Waals surface area (Å²) >= 11 is 1.65. The van der Waals surface area contributed by atoms with Crippen molar-refractivity contribution in [3.05, 3.63) is 70.2 Å². The van der Waals surface area contributed by atoms with Crippen molar-refractivity contribution in [3.8, 4) is 11.4 Å². The fourth-order valence-corrected chi connectivity index (χ4v) is 3.81. The lowest BCUT2D eigenvalue weighted by Gasteiger charge is -2.04. The van der Waals surface area contributed by atoms with E-state index in [0.29, 0.717) is 18.0 Å². The second-order valence-electron chi connectivity index (χ2n) is 6.96. The van der Waals surface area contributed by atoms with Crippen LogP contribution in [0, 0.1) is 6.92 Å². The third kappa shape index (κ3) is 3.53. The second-order valence-corrected chi connectivity index (χ2v) is 7.85. The smallest absolute Gasteiger partial charge is 0.253 e. The molecule has 0 saturated heterocycles. The van der Waals surface area contributed by atoms with Crippen molar-refractivity contribution < 1.29 is 4.79 Å². The summed E-state index contributed by atoms with van der Waals surface area (Å²) in [5, 5.41) is 6.08. The summed E-state index contributed by atoms with van der Waals surface area (Å²) in [4.78, 5) is 26.1. The zero-order valence-electron chi connectivity index (χ0n) is 16.0. The average Bonchev–Trinajstić information content (AvgIpc) is 3.32. The highest BCUT2D eigenvalue weighted by atomic mass is 32.1. The van der Waals surface area contributed by atoms with Gasteiger partial charge in [0.1, 0.15) is 0 Å². The monoisotopic (exact) mass is 391 g/mol. The Kier molecular flexibility index (Phi) is 4.92. The van der Waals surface area contributed by atoms with Gasteiger partial charge in [-0.25, -0.2) is 4.98 Å². The van der Waals surface area contributed by atoms with Gasteiger partial charge in [0.05, 0.1) is 51.6 Å². The van der Waals surface area contributed by atoms with Crippen LogP contribution in [-0.4, -0.2) is 25.3 Å². The van der Waals surface area contributed by atoms with Crippen molar-refractivity contribution >= 4 is 22.8 Å². The number of aromatic nitrogens is 4. The first-order chi connectivity index (χ1) is 13.5. The molecular formula is C21H21N5OS. The summed E-state index contributed by atoms with van der Waals surface area (Å²) in [5.74, 6) is 0.236. The third-order valence-corrected chi connectivity index (χ3v) is 5.61. The molecule has 4 aromatic heterocycles. The van der Waals surface area contributed by atoms with E-state index in [1.54, 1.807) is 23.7 Å². The lowest BCUT2D eigenvalue weighted by atomic mass is 10.2. The minimum absolute atomic E-state index is 0.142. The number of hydrogen-bond acceptors (Lipinski definition) is 5. The molecule has 1 N–H and O–H groups in total. The predicted molar refractivity (Wildman–Crippen MR) is 111 cm³/mol. The number of fused-ring (bicyclic) bond motifs is 1. The van der Waals surface area contributed by atoms with Gasteiger partial charge >= 0.3 is 0 Å². The summed E-state index contributed by atoms with van der Waals surface area (Å²) in [7, 11) is 0. The van der Waals surface area contributed by atoms with Crippen molar-refractivity contribution in [1.29, 1.82) is 0 Å². The molecule has 1 amide bonds. The van der Waals surface area contributed by atoms with Crippen LogP contribution in [0.25, 0.3) is 16.9 Å². The maximum absolute atomic E-state index is 12.9. The number of carbonyl (C=O) groups is 1. The van der Waals surface area contributed by atoms with E-state index >= 15 is 0 Å². The van der Waals surface area contributed by atoms with Crippen molar-refractivity contribution in [3.63, 3.8) is 0 Å². The lowest BCUT2D eigenvalue weighted by molar-refractivity contribution is 0.0952. The predicted octanol–water partition coefficient (Wildman–Crippen LogP) is 4.21. The van der Waals surface area contributed by atoms with E-state index in [1.807, 2.05) is 47.2 Å². The molecule has 0 aromatic carbocycles. The van der Waals surface area contributed by atoms with Crippen LogP contribution < -0.4 is 5.32 Å². The maximum Gasteiger partial charge on any atom is 0.253 e. The van der Waals surface area contributed by atoms with E-state index in [0.717, 1.165) is 33.3 Å². The first-order valence-electron chi connectivity index (χ1n) is 9.14. The van der Waals surface area contributed by atoms with Gasteiger partial charge in [0.15, 0.2) is 0 Å². The highest BCUT2D eigenvalue weighted by Gasteiger charge is 2.18. The molecule has 0 radical (unpaired) electrons. The van der Waals surface area contributed by atoms with Gasteiger partial charge in [-0.05, 0) is 25.1 Å². The molecule has 4 rings (SSSR count). The minimum atomic E-state index is -0.142. The van der Waals surface area contributed by atoms with Crippen molar-refractivity contribution in [1.82, 2.24) is 24.7 Å². The zero-order chi connectivity index (χ0) is 19.7. The van der Waals surface area contributed by atoms with Crippen LogP contribution >= 0.6 is 11.3 Å². The van der Waals surface area contributed by atoms with Crippen LogP contribution in [0.3, 0.4) is 0 Å². The molecular weight excluding hydrogens is 370 g/mol. The number of nitrogens with one attached hydrogen (secondary N) is 1. The van der Waals surface area contributed by atoms with E-state index in [-0.39, 0.29) is 5.91 Å². The Hall–Kier alpha value is -3.06. The molecule has 0 fully saturated rings. The molecule has 0 aliphatic heterocycles. The van der Waals surface area contributed by atoms with Crippen LogP contribution in [0.1, 0.15) is 46.5 Å². The second kappa shape index (κ2) is 7.52. The molecule has 0 atom stereocenters. The first kappa shape index (κ1) is 18.3. The van der Waals surface area contributed by atoms with Crippen LogP contribution in [-0.2, 0) is 6.54 Å². The number of amides is 1. The summed E-state index contributed by atoms with van der Waals surface area (Å²) in [5.41, 5.74) is 4.85. The van der Waals surface area contributed by atoms with Gasteiger partial charge in [0.25, 0.3) is 5.91 Å². The van der Waals surface area contributed by atoms with E-state index < -0.39 is 0 Å². The standard InChI is InChI=1S/C21H21N5OS/c1-13(2)21-25-17(12-28-21)19-8-16(18-6-4-5-7-26(18)19)20(27)24-11-15-10-22-14(3)9-23-15/h4-10,12-13H,11H2,1-3H3,(H,24,27).